The Hall–Kier alpha value is -3.14. The van der Waals surface area contributed by atoms with Gasteiger partial charge in [0.05, 0.1) is 17.7 Å². The fraction of sp³-hybridized carbons (Fsp3) is 0.381. The highest BCUT2D eigenvalue weighted by molar-refractivity contribution is 7.90. The largest absolute Gasteiger partial charge is 0.488 e. The van der Waals surface area contributed by atoms with Gasteiger partial charge in [-0.25, -0.2) is 17.7 Å². The average Bonchev–Trinajstić information content (AvgIpc) is 2.98. The molecule has 1 fully saturated rings. The molecule has 1 aromatic heterocycles. The fourth-order valence-corrected chi connectivity index (χ4v) is 5.56. The van der Waals surface area contributed by atoms with Crippen molar-refractivity contribution in [3.8, 4) is 5.75 Å². The second kappa shape index (κ2) is 7.23. The number of benzene rings is 1. The number of rotatable bonds is 2. The summed E-state index contributed by atoms with van der Waals surface area (Å²) >= 11 is 0. The number of ether oxygens (including phenoxy) is 1. The molecule has 9 nitrogen and oxygen atoms in total. The van der Waals surface area contributed by atoms with Crippen LogP contribution in [0.3, 0.4) is 0 Å². The lowest BCUT2D eigenvalue weighted by Crippen LogP contribution is -2.36. The summed E-state index contributed by atoms with van der Waals surface area (Å²) in [6.07, 6.45) is 4.70. The summed E-state index contributed by atoms with van der Waals surface area (Å²) in [5, 5.41) is 0. The number of sulfonamides is 1. The molecule has 31 heavy (non-hydrogen) atoms. The van der Waals surface area contributed by atoms with Crippen molar-refractivity contribution in [3.05, 3.63) is 41.6 Å². The van der Waals surface area contributed by atoms with Gasteiger partial charge in [0.2, 0.25) is 0 Å². The van der Waals surface area contributed by atoms with E-state index < -0.39 is 15.9 Å². The van der Waals surface area contributed by atoms with E-state index in [0.717, 1.165) is 36.7 Å². The summed E-state index contributed by atoms with van der Waals surface area (Å²) in [7, 11) is -2.59. The summed E-state index contributed by atoms with van der Waals surface area (Å²) in [5.41, 5.74) is 1.24. The normalized spacial score (nSPS) is 19.6. The van der Waals surface area contributed by atoms with E-state index in [2.05, 4.69) is 4.98 Å². The Balaban J connectivity index is 1.49. The molecule has 0 radical (unpaired) electrons. The molecule has 1 aromatic carbocycles. The van der Waals surface area contributed by atoms with Crippen LogP contribution in [-0.4, -0.2) is 67.7 Å². The summed E-state index contributed by atoms with van der Waals surface area (Å²) in [6, 6.07) is 6.43. The quantitative estimate of drug-likeness (QED) is 0.701. The Bertz CT molecular complexity index is 1190. The Labute approximate surface area is 180 Å². The van der Waals surface area contributed by atoms with Crippen molar-refractivity contribution in [2.75, 3.05) is 38.2 Å². The fourth-order valence-electron chi connectivity index (χ4n) is 4.24. The molecular weight excluding hydrogens is 420 g/mol. The summed E-state index contributed by atoms with van der Waals surface area (Å²) in [6.45, 7) is 2.32. The number of hydrogen-bond donors (Lipinski definition) is 0. The number of hydrogen-bond acceptors (Lipinski definition) is 7. The third kappa shape index (κ3) is 3.13. The maximum absolute atomic E-state index is 12.8. The van der Waals surface area contributed by atoms with Crippen LogP contribution in [0.2, 0.25) is 0 Å². The molecular formula is C21H22N4O5S. The highest BCUT2D eigenvalue weighted by Crippen LogP contribution is 2.38. The van der Waals surface area contributed by atoms with E-state index in [1.807, 2.05) is 9.80 Å². The van der Waals surface area contributed by atoms with Crippen LogP contribution in [0, 0.1) is 0 Å². The Morgan fingerprint density at radius 3 is 2.65 bits per heavy atom. The molecule has 0 atom stereocenters. The van der Waals surface area contributed by atoms with Gasteiger partial charge in [0.25, 0.3) is 21.8 Å². The molecule has 0 N–H and O–H groups in total. The number of carbonyl (C=O) groups is 2. The first-order valence-electron chi connectivity index (χ1n) is 10.2. The predicted molar refractivity (Wildman–Crippen MR) is 112 cm³/mol. The maximum atomic E-state index is 12.8. The van der Waals surface area contributed by atoms with Gasteiger partial charge in [-0.15, -0.1) is 0 Å². The van der Waals surface area contributed by atoms with E-state index in [-0.39, 0.29) is 16.4 Å². The van der Waals surface area contributed by atoms with Gasteiger partial charge in [-0.1, -0.05) is 0 Å². The van der Waals surface area contributed by atoms with E-state index in [9.17, 15) is 18.0 Å². The molecule has 0 saturated carbocycles. The van der Waals surface area contributed by atoms with Crippen LogP contribution in [0.4, 0.5) is 11.5 Å². The van der Waals surface area contributed by atoms with Crippen molar-refractivity contribution in [1.82, 2.24) is 14.2 Å². The number of anilines is 2. The molecule has 0 bridgehead atoms. The molecule has 2 aromatic rings. The van der Waals surface area contributed by atoms with Crippen molar-refractivity contribution >= 4 is 33.3 Å². The monoisotopic (exact) mass is 442 g/mol. The van der Waals surface area contributed by atoms with E-state index in [1.54, 1.807) is 18.3 Å². The van der Waals surface area contributed by atoms with E-state index in [0.29, 0.717) is 36.0 Å². The van der Waals surface area contributed by atoms with Gasteiger partial charge in [-0.3, -0.25) is 9.59 Å². The molecule has 0 aliphatic carbocycles. The minimum atomic E-state index is -3.85. The number of amides is 2. The highest BCUT2D eigenvalue weighted by Gasteiger charge is 2.39. The van der Waals surface area contributed by atoms with Crippen molar-refractivity contribution < 1.29 is 22.7 Å². The number of carbonyl (C=O) groups excluding carboxylic acids is 2. The molecule has 0 unspecified atom stereocenters. The lowest BCUT2D eigenvalue weighted by atomic mass is 10.1. The second-order valence-electron chi connectivity index (χ2n) is 7.86. The molecule has 3 aliphatic heterocycles. The minimum Gasteiger partial charge on any atom is -0.488 e. The molecule has 5 rings (SSSR count). The zero-order chi connectivity index (χ0) is 21.8. The van der Waals surface area contributed by atoms with Gasteiger partial charge >= 0.3 is 0 Å². The summed E-state index contributed by atoms with van der Waals surface area (Å²) in [5.74, 6) is 0.394. The second-order valence-corrected chi connectivity index (χ2v) is 9.79. The Morgan fingerprint density at radius 1 is 1.10 bits per heavy atom. The topological polar surface area (TPSA) is 100 Å². The molecule has 1 saturated heterocycles. The third-order valence-corrected chi connectivity index (χ3v) is 7.76. The lowest BCUT2D eigenvalue weighted by molar-refractivity contribution is 0.0723. The molecule has 162 valence electrons. The molecule has 0 spiro atoms. The number of nitrogens with zero attached hydrogens (tertiary/aromatic N) is 4. The molecule has 4 heterocycles. The van der Waals surface area contributed by atoms with Gasteiger partial charge < -0.3 is 14.5 Å². The number of piperidine rings is 1. The standard InChI is InChI=1S/C21H22N4O5S/c1-23-21(27)16-6-5-15(12-18(16)31(23,28)29)25-9-10-30-17-11-14(13-22-19(17)25)20(26)24-7-3-2-4-8-24/h5-6,11-13H,2-4,7-10H2,1H3. The zero-order valence-corrected chi connectivity index (χ0v) is 17.9. The number of likely N-dealkylation sites (tertiary alicyclic amines) is 1. The third-order valence-electron chi connectivity index (χ3n) is 5.98. The molecule has 10 heteroatoms. The SMILES string of the molecule is CN1C(=O)c2ccc(N3CCOc4cc(C(=O)N5CCCCC5)cnc43)cc2S1(=O)=O. The summed E-state index contributed by atoms with van der Waals surface area (Å²) < 4.78 is 31.6. The first-order valence-corrected chi connectivity index (χ1v) is 11.7. The van der Waals surface area contributed by atoms with E-state index in [1.165, 1.54) is 19.2 Å². The first-order chi connectivity index (χ1) is 14.9. The summed E-state index contributed by atoms with van der Waals surface area (Å²) in [4.78, 5) is 33.2. The lowest BCUT2D eigenvalue weighted by Gasteiger charge is -2.31. The molecule has 2 amide bonds. The first kappa shape index (κ1) is 19.8. The smallest absolute Gasteiger partial charge is 0.268 e. The van der Waals surface area contributed by atoms with Crippen LogP contribution in [-0.2, 0) is 10.0 Å². The average molecular weight is 442 g/mol. The zero-order valence-electron chi connectivity index (χ0n) is 17.1. The van der Waals surface area contributed by atoms with Gasteiger partial charge in [0.15, 0.2) is 11.6 Å². The van der Waals surface area contributed by atoms with Crippen molar-refractivity contribution in [2.24, 2.45) is 0 Å². The highest BCUT2D eigenvalue weighted by atomic mass is 32.2. The number of fused-ring (bicyclic) bond motifs is 2. The van der Waals surface area contributed by atoms with Crippen molar-refractivity contribution in [3.63, 3.8) is 0 Å². The minimum absolute atomic E-state index is 0.0116. The van der Waals surface area contributed by atoms with Crippen LogP contribution in [0.1, 0.15) is 40.0 Å². The van der Waals surface area contributed by atoms with Crippen LogP contribution >= 0.6 is 0 Å². The van der Waals surface area contributed by atoms with Gasteiger partial charge in [0, 0.05) is 32.0 Å². The maximum Gasteiger partial charge on any atom is 0.268 e. The van der Waals surface area contributed by atoms with Gasteiger partial charge in [0.1, 0.15) is 11.5 Å². The Kier molecular flexibility index (Phi) is 4.62. The molecule has 3 aliphatic rings. The van der Waals surface area contributed by atoms with Gasteiger partial charge in [-0.2, -0.15) is 0 Å². The van der Waals surface area contributed by atoms with Gasteiger partial charge in [-0.05, 0) is 43.5 Å². The van der Waals surface area contributed by atoms with Crippen molar-refractivity contribution in [2.45, 2.75) is 24.2 Å². The van der Waals surface area contributed by atoms with Crippen molar-refractivity contribution in [1.29, 1.82) is 0 Å². The van der Waals surface area contributed by atoms with Crippen LogP contribution in [0.5, 0.6) is 5.75 Å². The predicted octanol–water partition coefficient (Wildman–Crippen LogP) is 2.01. The van der Waals surface area contributed by atoms with Crippen LogP contribution < -0.4 is 9.64 Å². The van der Waals surface area contributed by atoms with Crippen LogP contribution in [0.15, 0.2) is 35.4 Å². The van der Waals surface area contributed by atoms with E-state index in [4.69, 9.17) is 4.74 Å². The van der Waals surface area contributed by atoms with E-state index >= 15 is 0 Å². The van der Waals surface area contributed by atoms with Crippen LogP contribution in [0.25, 0.3) is 0 Å². The number of pyridine rings is 1. The Morgan fingerprint density at radius 2 is 1.87 bits per heavy atom. The number of aromatic nitrogens is 1.